The van der Waals surface area contributed by atoms with Gasteiger partial charge in [0, 0.05) is 13.1 Å². The first kappa shape index (κ1) is 22.6. The van der Waals surface area contributed by atoms with E-state index in [0.29, 0.717) is 13.1 Å². The molecule has 1 fully saturated rings. The monoisotopic (exact) mass is 470 g/mol. The predicted molar refractivity (Wildman–Crippen MR) is 114 cm³/mol. The van der Waals surface area contributed by atoms with Gasteiger partial charge in [0.1, 0.15) is 0 Å². The predicted octanol–water partition coefficient (Wildman–Crippen LogP) is 3.96. The van der Waals surface area contributed by atoms with Crippen molar-refractivity contribution in [2.75, 3.05) is 25.0 Å². The number of esters is 1. The lowest BCUT2D eigenvalue weighted by molar-refractivity contribution is -0.119. The van der Waals surface area contributed by atoms with E-state index >= 15 is 0 Å². The van der Waals surface area contributed by atoms with Crippen LogP contribution in [-0.4, -0.2) is 44.3 Å². The third-order valence-electron chi connectivity index (χ3n) is 4.60. The molecule has 1 heterocycles. The van der Waals surface area contributed by atoms with Gasteiger partial charge < -0.3 is 10.1 Å². The third kappa shape index (κ3) is 5.13. The second kappa shape index (κ2) is 9.78. The van der Waals surface area contributed by atoms with Gasteiger partial charge in [0.2, 0.25) is 10.0 Å². The number of rotatable bonds is 6. The summed E-state index contributed by atoms with van der Waals surface area (Å²) < 4.78 is 32.4. The van der Waals surface area contributed by atoms with Crippen LogP contribution in [0, 0.1) is 0 Å². The Hall–Kier alpha value is -2.13. The van der Waals surface area contributed by atoms with E-state index < -0.39 is 28.5 Å². The molecule has 3 rings (SSSR count). The molecule has 1 saturated heterocycles. The number of halogens is 2. The second-order valence-corrected chi connectivity index (χ2v) is 9.40. The molecular weight excluding hydrogens is 451 g/mol. The van der Waals surface area contributed by atoms with Crippen LogP contribution in [0.25, 0.3) is 0 Å². The Labute approximate surface area is 185 Å². The number of hydrogen-bond acceptors (Lipinski definition) is 5. The Kier molecular flexibility index (Phi) is 7.36. The van der Waals surface area contributed by atoms with Crippen LogP contribution in [-0.2, 0) is 19.6 Å². The highest BCUT2D eigenvalue weighted by atomic mass is 35.5. The molecular formula is C20H20Cl2N2O5S. The minimum Gasteiger partial charge on any atom is -0.452 e. The number of para-hydroxylation sites is 1. The van der Waals surface area contributed by atoms with Gasteiger partial charge in [-0.2, -0.15) is 4.31 Å². The molecule has 0 unspecified atom stereocenters. The Morgan fingerprint density at radius 2 is 1.60 bits per heavy atom. The van der Waals surface area contributed by atoms with E-state index in [4.69, 9.17) is 27.9 Å². The molecule has 0 spiro atoms. The van der Waals surface area contributed by atoms with Crippen LogP contribution >= 0.6 is 23.2 Å². The summed E-state index contributed by atoms with van der Waals surface area (Å²) in [6.07, 6.45) is 2.52. The molecule has 2 aromatic rings. The van der Waals surface area contributed by atoms with Crippen molar-refractivity contribution in [1.29, 1.82) is 0 Å². The molecule has 1 N–H and O–H groups in total. The van der Waals surface area contributed by atoms with Crippen LogP contribution < -0.4 is 5.32 Å². The molecule has 0 aromatic heterocycles. The lowest BCUT2D eigenvalue weighted by atomic mass is 10.2. The van der Waals surface area contributed by atoms with Gasteiger partial charge in [0.25, 0.3) is 5.91 Å². The Morgan fingerprint density at radius 1 is 0.967 bits per heavy atom. The number of ether oxygens (including phenoxy) is 1. The van der Waals surface area contributed by atoms with Crippen molar-refractivity contribution in [1.82, 2.24) is 4.31 Å². The van der Waals surface area contributed by atoms with E-state index in [9.17, 15) is 18.0 Å². The molecule has 7 nitrogen and oxygen atoms in total. The number of piperidine rings is 1. The maximum Gasteiger partial charge on any atom is 0.340 e. The van der Waals surface area contributed by atoms with E-state index in [1.54, 1.807) is 24.3 Å². The zero-order chi connectivity index (χ0) is 21.7. The second-order valence-electron chi connectivity index (χ2n) is 6.68. The minimum absolute atomic E-state index is 0.119. The van der Waals surface area contributed by atoms with Gasteiger partial charge in [0.05, 0.1) is 26.2 Å². The van der Waals surface area contributed by atoms with Crippen LogP contribution in [0.2, 0.25) is 10.0 Å². The number of benzene rings is 2. The lowest BCUT2D eigenvalue weighted by Crippen LogP contribution is -2.36. The van der Waals surface area contributed by atoms with Crippen LogP contribution in [0.3, 0.4) is 0 Å². The topological polar surface area (TPSA) is 92.8 Å². The molecule has 2 aromatic carbocycles. The molecule has 0 bridgehead atoms. The number of nitrogens with zero attached hydrogens (tertiary/aromatic N) is 1. The van der Waals surface area contributed by atoms with E-state index in [2.05, 4.69) is 5.32 Å². The van der Waals surface area contributed by atoms with Crippen molar-refractivity contribution in [3.63, 3.8) is 0 Å². The van der Waals surface area contributed by atoms with Gasteiger partial charge in [0.15, 0.2) is 6.61 Å². The van der Waals surface area contributed by atoms with Gasteiger partial charge in [-0.05, 0) is 37.1 Å². The highest BCUT2D eigenvalue weighted by Gasteiger charge is 2.30. The Balaban J connectivity index is 1.71. The smallest absolute Gasteiger partial charge is 0.340 e. The van der Waals surface area contributed by atoms with E-state index in [1.165, 1.54) is 22.5 Å². The molecule has 0 aliphatic carbocycles. The maximum atomic E-state index is 13.0. The van der Waals surface area contributed by atoms with E-state index in [-0.39, 0.29) is 26.2 Å². The lowest BCUT2D eigenvalue weighted by Gasteiger charge is -2.26. The first-order valence-electron chi connectivity index (χ1n) is 9.31. The standard InChI is InChI=1S/C20H20Cl2N2O5S/c21-15-8-6-9-16(22)19(15)23-18(25)13-29-20(26)14-7-2-3-10-17(14)30(27,28)24-11-4-1-5-12-24/h2-3,6-10H,1,4-5,11-13H2,(H,23,25). The first-order valence-corrected chi connectivity index (χ1v) is 11.5. The van der Waals surface area contributed by atoms with Crippen LogP contribution in [0.5, 0.6) is 0 Å². The van der Waals surface area contributed by atoms with Gasteiger partial charge in [-0.25, -0.2) is 13.2 Å². The van der Waals surface area contributed by atoms with Gasteiger partial charge in [-0.1, -0.05) is 47.8 Å². The minimum atomic E-state index is -3.84. The number of hydrogen-bond donors (Lipinski definition) is 1. The quantitative estimate of drug-likeness (QED) is 0.644. The highest BCUT2D eigenvalue weighted by molar-refractivity contribution is 7.89. The summed E-state index contributed by atoms with van der Waals surface area (Å²) >= 11 is 12.0. The fourth-order valence-electron chi connectivity index (χ4n) is 3.11. The van der Waals surface area contributed by atoms with Crippen molar-refractivity contribution in [3.8, 4) is 0 Å². The van der Waals surface area contributed by atoms with Crippen molar-refractivity contribution in [2.45, 2.75) is 24.2 Å². The third-order valence-corrected chi connectivity index (χ3v) is 7.19. The van der Waals surface area contributed by atoms with E-state index in [0.717, 1.165) is 19.3 Å². The average molecular weight is 471 g/mol. The summed E-state index contributed by atoms with van der Waals surface area (Å²) in [6, 6.07) is 10.5. The molecule has 0 radical (unpaired) electrons. The summed E-state index contributed by atoms with van der Waals surface area (Å²) in [7, 11) is -3.84. The number of carbonyl (C=O) groups is 2. The SMILES string of the molecule is O=C(COC(=O)c1ccccc1S(=O)(=O)N1CCCCC1)Nc1c(Cl)cccc1Cl. The summed E-state index contributed by atoms with van der Waals surface area (Å²) in [5, 5.41) is 2.95. The highest BCUT2D eigenvalue weighted by Crippen LogP contribution is 2.29. The van der Waals surface area contributed by atoms with Crippen molar-refractivity contribution in [3.05, 3.63) is 58.1 Å². The Morgan fingerprint density at radius 3 is 2.27 bits per heavy atom. The molecule has 30 heavy (non-hydrogen) atoms. The van der Waals surface area contributed by atoms with Crippen molar-refractivity contribution >= 4 is 50.8 Å². The molecule has 0 saturated carbocycles. The number of nitrogens with one attached hydrogen (secondary N) is 1. The van der Waals surface area contributed by atoms with Crippen LogP contribution in [0.1, 0.15) is 29.6 Å². The number of carbonyl (C=O) groups excluding carboxylic acids is 2. The van der Waals surface area contributed by atoms with Gasteiger partial charge >= 0.3 is 5.97 Å². The maximum absolute atomic E-state index is 13.0. The molecule has 0 atom stereocenters. The zero-order valence-electron chi connectivity index (χ0n) is 15.9. The molecule has 1 amide bonds. The number of sulfonamides is 1. The molecule has 10 heteroatoms. The fourth-order valence-corrected chi connectivity index (χ4v) is 5.29. The first-order chi connectivity index (χ1) is 14.3. The average Bonchev–Trinajstić information content (AvgIpc) is 2.75. The number of anilines is 1. The molecule has 1 aliphatic heterocycles. The largest absolute Gasteiger partial charge is 0.452 e. The number of amides is 1. The summed E-state index contributed by atoms with van der Waals surface area (Å²) in [5.74, 6) is -1.57. The normalized spacial score (nSPS) is 14.9. The fraction of sp³-hybridized carbons (Fsp3) is 0.300. The summed E-state index contributed by atoms with van der Waals surface area (Å²) in [6.45, 7) is 0.192. The molecule has 1 aliphatic rings. The van der Waals surface area contributed by atoms with Crippen LogP contribution in [0.15, 0.2) is 47.4 Å². The molecule has 160 valence electrons. The summed E-state index contributed by atoms with van der Waals surface area (Å²) in [5.41, 5.74) is 0.0848. The van der Waals surface area contributed by atoms with Gasteiger partial charge in [-0.3, -0.25) is 4.79 Å². The van der Waals surface area contributed by atoms with Gasteiger partial charge in [-0.15, -0.1) is 0 Å². The summed E-state index contributed by atoms with van der Waals surface area (Å²) in [4.78, 5) is 24.6. The Bertz CT molecular complexity index is 1030. The van der Waals surface area contributed by atoms with Crippen LogP contribution in [0.4, 0.5) is 5.69 Å². The zero-order valence-corrected chi connectivity index (χ0v) is 18.3. The van der Waals surface area contributed by atoms with E-state index in [1.807, 2.05) is 0 Å². The van der Waals surface area contributed by atoms with Crippen molar-refractivity contribution < 1.29 is 22.7 Å². The van der Waals surface area contributed by atoms with Crippen molar-refractivity contribution in [2.24, 2.45) is 0 Å².